The summed E-state index contributed by atoms with van der Waals surface area (Å²) in [6.07, 6.45) is 0. The van der Waals surface area contributed by atoms with Crippen LogP contribution >= 0.6 is 0 Å². The first-order valence-electron chi connectivity index (χ1n) is 9.46. The highest BCUT2D eigenvalue weighted by molar-refractivity contribution is 5.98. The third-order valence-electron chi connectivity index (χ3n) is 5.51. The first kappa shape index (κ1) is 16.7. The van der Waals surface area contributed by atoms with Crippen LogP contribution in [0.4, 0.5) is 0 Å². The van der Waals surface area contributed by atoms with Gasteiger partial charge in [-0.1, -0.05) is 48.5 Å². The second-order valence-electron chi connectivity index (χ2n) is 7.36. The minimum Gasteiger partial charge on any atom is -0.340 e. The zero-order valence-corrected chi connectivity index (χ0v) is 15.9. The van der Waals surface area contributed by atoms with Gasteiger partial charge in [-0.05, 0) is 19.1 Å². The molecular weight excluding hydrogens is 350 g/mol. The lowest BCUT2D eigenvalue weighted by Gasteiger charge is -2.32. The Morgan fingerprint density at radius 2 is 1.79 bits per heavy atom. The minimum atomic E-state index is 0.0288. The molecule has 1 aliphatic rings. The second kappa shape index (κ2) is 6.34. The van der Waals surface area contributed by atoms with Crippen molar-refractivity contribution in [1.29, 1.82) is 0 Å². The number of nitrogens with zero attached hydrogens (tertiary/aromatic N) is 5. The molecule has 0 fully saturated rings. The van der Waals surface area contributed by atoms with E-state index in [9.17, 15) is 4.79 Å². The predicted molar refractivity (Wildman–Crippen MR) is 108 cm³/mol. The Hall–Kier alpha value is -3.41. The molecule has 28 heavy (non-hydrogen) atoms. The van der Waals surface area contributed by atoms with Gasteiger partial charge in [0.05, 0.1) is 12.6 Å². The van der Waals surface area contributed by atoms with Gasteiger partial charge in [-0.3, -0.25) is 4.79 Å². The molecule has 6 nitrogen and oxygen atoms in total. The summed E-state index contributed by atoms with van der Waals surface area (Å²) in [6, 6.07) is 20.2. The maximum absolute atomic E-state index is 13.3. The number of aromatic nitrogens is 4. The number of fused-ring (bicyclic) bond motifs is 2. The van der Waals surface area contributed by atoms with Crippen molar-refractivity contribution in [2.24, 2.45) is 7.05 Å². The Morgan fingerprint density at radius 1 is 1.04 bits per heavy atom. The summed E-state index contributed by atoms with van der Waals surface area (Å²) in [5.41, 5.74) is 2.80. The summed E-state index contributed by atoms with van der Waals surface area (Å²) < 4.78 is 4.12. The fourth-order valence-corrected chi connectivity index (χ4v) is 4.13. The Morgan fingerprint density at radius 3 is 2.57 bits per heavy atom. The van der Waals surface area contributed by atoms with Crippen LogP contribution in [0.15, 0.2) is 60.7 Å². The van der Waals surface area contributed by atoms with Crippen molar-refractivity contribution in [3.8, 4) is 11.4 Å². The third-order valence-corrected chi connectivity index (χ3v) is 5.51. The third kappa shape index (κ3) is 2.52. The number of benzene rings is 2. The quantitative estimate of drug-likeness (QED) is 0.540. The first-order chi connectivity index (χ1) is 13.6. The van der Waals surface area contributed by atoms with Crippen LogP contribution in [0.25, 0.3) is 22.3 Å². The minimum absolute atomic E-state index is 0.0288. The number of rotatable bonds is 2. The molecule has 5 rings (SSSR count). The van der Waals surface area contributed by atoms with Crippen molar-refractivity contribution in [3.05, 3.63) is 72.2 Å². The van der Waals surface area contributed by atoms with Gasteiger partial charge < -0.3 is 14.0 Å². The number of aryl methyl sites for hydroxylation is 1. The van der Waals surface area contributed by atoms with Gasteiger partial charge in [-0.25, -0.2) is 0 Å². The topological polar surface area (TPSA) is 56.0 Å². The van der Waals surface area contributed by atoms with E-state index >= 15 is 0 Å². The molecule has 0 radical (unpaired) electrons. The summed E-state index contributed by atoms with van der Waals surface area (Å²) in [6.45, 7) is 3.20. The van der Waals surface area contributed by atoms with Crippen molar-refractivity contribution in [2.75, 3.05) is 6.54 Å². The number of carbonyl (C=O) groups is 1. The van der Waals surface area contributed by atoms with E-state index in [1.54, 1.807) is 0 Å². The summed E-state index contributed by atoms with van der Waals surface area (Å²) in [5, 5.41) is 9.87. The molecule has 4 aromatic rings. The average Bonchev–Trinajstić information content (AvgIpc) is 3.30. The second-order valence-corrected chi connectivity index (χ2v) is 7.36. The van der Waals surface area contributed by atoms with Crippen LogP contribution in [0, 0.1) is 0 Å². The molecule has 1 amide bonds. The molecule has 1 atom stereocenters. The molecule has 0 unspecified atom stereocenters. The van der Waals surface area contributed by atoms with Crippen LogP contribution in [0.1, 0.15) is 29.3 Å². The highest BCUT2D eigenvalue weighted by Gasteiger charge is 2.31. The van der Waals surface area contributed by atoms with Crippen LogP contribution in [-0.4, -0.2) is 36.7 Å². The highest BCUT2D eigenvalue weighted by Crippen LogP contribution is 2.29. The molecule has 0 bridgehead atoms. The first-order valence-corrected chi connectivity index (χ1v) is 9.46. The maximum Gasteiger partial charge on any atom is 0.270 e. The van der Waals surface area contributed by atoms with Gasteiger partial charge in [-0.2, -0.15) is 0 Å². The van der Waals surface area contributed by atoms with Gasteiger partial charge in [0, 0.05) is 30.1 Å². The van der Waals surface area contributed by atoms with Gasteiger partial charge in [-0.15, -0.1) is 10.2 Å². The van der Waals surface area contributed by atoms with E-state index < -0.39 is 0 Å². The van der Waals surface area contributed by atoms with E-state index in [1.807, 2.05) is 77.2 Å². The van der Waals surface area contributed by atoms with Crippen LogP contribution in [0.5, 0.6) is 0 Å². The van der Waals surface area contributed by atoms with Gasteiger partial charge in [0.1, 0.15) is 5.69 Å². The van der Waals surface area contributed by atoms with Gasteiger partial charge in [0.2, 0.25) is 0 Å². The highest BCUT2D eigenvalue weighted by atomic mass is 16.2. The maximum atomic E-state index is 13.3. The number of para-hydroxylation sites is 1. The molecule has 0 aliphatic carbocycles. The number of hydrogen-bond acceptors (Lipinski definition) is 3. The Balaban J connectivity index is 1.49. The molecule has 0 saturated carbocycles. The number of carbonyl (C=O) groups excluding carboxylic acids is 1. The van der Waals surface area contributed by atoms with Gasteiger partial charge in [0.15, 0.2) is 11.6 Å². The van der Waals surface area contributed by atoms with E-state index in [-0.39, 0.29) is 11.9 Å². The van der Waals surface area contributed by atoms with E-state index in [1.165, 1.54) is 0 Å². The van der Waals surface area contributed by atoms with Crippen molar-refractivity contribution < 1.29 is 4.79 Å². The molecule has 3 heterocycles. The molecule has 0 N–H and O–H groups in total. The van der Waals surface area contributed by atoms with Crippen LogP contribution in [-0.2, 0) is 13.6 Å². The summed E-state index contributed by atoms with van der Waals surface area (Å²) in [5.74, 6) is 1.71. The van der Waals surface area contributed by atoms with Crippen LogP contribution in [0.2, 0.25) is 0 Å². The summed E-state index contributed by atoms with van der Waals surface area (Å²) >= 11 is 0. The number of amides is 1. The van der Waals surface area contributed by atoms with Crippen LogP contribution in [0.3, 0.4) is 0 Å². The van der Waals surface area contributed by atoms with Crippen molar-refractivity contribution in [2.45, 2.75) is 19.5 Å². The van der Waals surface area contributed by atoms with E-state index in [4.69, 9.17) is 0 Å². The lowest BCUT2D eigenvalue weighted by molar-refractivity contribution is 0.0673. The molecule has 1 aliphatic heterocycles. The van der Waals surface area contributed by atoms with E-state index in [2.05, 4.69) is 21.7 Å². The van der Waals surface area contributed by atoms with Crippen molar-refractivity contribution in [3.63, 3.8) is 0 Å². The van der Waals surface area contributed by atoms with Crippen molar-refractivity contribution >= 4 is 16.8 Å². The standard InChI is InChI=1S/C22H21N5O/c1-15-13-26(22(28)19-12-17-10-6-7-11-18(17)25(19)2)14-20-23-24-21(27(15)20)16-8-4-3-5-9-16/h3-12,15H,13-14H2,1-2H3/t15-/m0/s1. The lowest BCUT2D eigenvalue weighted by atomic mass is 10.1. The zero-order valence-electron chi connectivity index (χ0n) is 15.9. The van der Waals surface area contributed by atoms with Crippen LogP contribution < -0.4 is 0 Å². The van der Waals surface area contributed by atoms with Gasteiger partial charge in [0.25, 0.3) is 5.91 Å². The Bertz CT molecular complexity index is 1170. The molecular formula is C22H21N5O. The smallest absolute Gasteiger partial charge is 0.270 e. The van der Waals surface area contributed by atoms with E-state index in [0.29, 0.717) is 18.8 Å². The SMILES string of the molecule is C[C@H]1CN(C(=O)c2cc3ccccc3n2C)Cc2nnc(-c3ccccc3)n21. The molecule has 2 aromatic carbocycles. The normalized spacial score (nSPS) is 16.4. The molecule has 6 heteroatoms. The molecule has 0 spiro atoms. The molecule has 140 valence electrons. The number of hydrogen-bond donors (Lipinski definition) is 0. The summed E-state index contributed by atoms with van der Waals surface area (Å²) in [7, 11) is 1.94. The zero-order chi connectivity index (χ0) is 19.3. The average molecular weight is 371 g/mol. The van der Waals surface area contributed by atoms with E-state index in [0.717, 1.165) is 28.1 Å². The predicted octanol–water partition coefficient (Wildman–Crippen LogP) is 3.65. The van der Waals surface area contributed by atoms with Gasteiger partial charge >= 0.3 is 0 Å². The molecule has 2 aromatic heterocycles. The largest absolute Gasteiger partial charge is 0.340 e. The van der Waals surface area contributed by atoms with Crippen molar-refractivity contribution in [1.82, 2.24) is 24.2 Å². The molecule has 0 saturated heterocycles. The summed E-state index contributed by atoms with van der Waals surface area (Å²) in [4.78, 5) is 15.1. The fraction of sp³-hybridized carbons (Fsp3) is 0.227. The monoisotopic (exact) mass is 371 g/mol. The Labute approximate surface area is 163 Å². The fourth-order valence-electron chi connectivity index (χ4n) is 4.13. The Kier molecular flexibility index (Phi) is 3.79. The lowest BCUT2D eigenvalue weighted by Crippen LogP contribution is -2.41.